The lowest BCUT2D eigenvalue weighted by Crippen LogP contribution is -2.47. The van der Waals surface area contributed by atoms with E-state index in [1.807, 2.05) is 78.9 Å². The molecule has 0 unspecified atom stereocenters. The Kier molecular flexibility index (Phi) is 8.33. The molecule has 4 rings (SSSR count). The Bertz CT molecular complexity index is 1350. The number of amides is 3. The Hall–Kier alpha value is -4.43. The molecule has 0 aliphatic heterocycles. The molecule has 37 heavy (non-hydrogen) atoms. The molecule has 5 N–H and O–H groups in total. The van der Waals surface area contributed by atoms with Gasteiger partial charge in [0, 0.05) is 13.0 Å². The van der Waals surface area contributed by atoms with Gasteiger partial charge in [-0.1, -0.05) is 78.9 Å². The Balaban J connectivity index is 1.36. The molecule has 190 valence electrons. The smallest absolute Gasteiger partial charge is 0.407 e. The molecule has 0 aliphatic rings. The zero-order valence-electron chi connectivity index (χ0n) is 20.2. The summed E-state index contributed by atoms with van der Waals surface area (Å²) in [6.45, 7) is -0.0946. The number of carbonyl (C=O) groups is 3. The van der Waals surface area contributed by atoms with Crippen molar-refractivity contribution in [3.8, 4) is 0 Å². The zero-order valence-corrected chi connectivity index (χ0v) is 20.2. The highest BCUT2D eigenvalue weighted by molar-refractivity contribution is 6.03. The highest BCUT2D eigenvalue weighted by Gasteiger charge is 2.22. The van der Waals surface area contributed by atoms with Crippen molar-refractivity contribution in [1.82, 2.24) is 10.6 Å². The summed E-state index contributed by atoms with van der Waals surface area (Å²) in [7, 11) is 0. The number of hydrogen-bond donors (Lipinski definition) is 4. The van der Waals surface area contributed by atoms with E-state index in [9.17, 15) is 19.5 Å². The van der Waals surface area contributed by atoms with Crippen LogP contribution in [0.2, 0.25) is 0 Å². The van der Waals surface area contributed by atoms with Gasteiger partial charge < -0.3 is 26.2 Å². The van der Waals surface area contributed by atoms with Gasteiger partial charge in [0.1, 0.15) is 12.6 Å². The number of nitrogens with two attached hydrogens (primary N) is 1. The van der Waals surface area contributed by atoms with Crippen molar-refractivity contribution in [1.29, 1.82) is 0 Å². The first-order chi connectivity index (χ1) is 17.9. The first kappa shape index (κ1) is 25.7. The van der Waals surface area contributed by atoms with E-state index in [4.69, 9.17) is 10.5 Å². The number of primary amides is 1. The molecule has 3 amide bonds. The quantitative estimate of drug-likeness (QED) is 0.249. The average Bonchev–Trinajstić information content (AvgIpc) is 2.90. The summed E-state index contributed by atoms with van der Waals surface area (Å²) in [5.74, 6) is -1.23. The molecule has 0 saturated carbocycles. The van der Waals surface area contributed by atoms with Crippen LogP contribution in [0.4, 0.5) is 4.79 Å². The highest BCUT2D eigenvalue weighted by atomic mass is 16.5. The molecule has 4 aromatic carbocycles. The predicted molar refractivity (Wildman–Crippen MR) is 142 cm³/mol. The lowest BCUT2D eigenvalue weighted by atomic mass is 9.92. The second-order valence-corrected chi connectivity index (χ2v) is 8.82. The van der Waals surface area contributed by atoms with E-state index < -0.39 is 30.1 Å². The van der Waals surface area contributed by atoms with E-state index >= 15 is 0 Å². The third kappa shape index (κ3) is 6.83. The molecule has 0 radical (unpaired) electrons. The molecule has 2 atom stereocenters. The lowest BCUT2D eigenvalue weighted by Gasteiger charge is -2.19. The Morgan fingerprint density at radius 3 is 2.08 bits per heavy atom. The molecule has 0 fully saturated rings. The van der Waals surface area contributed by atoms with Gasteiger partial charge >= 0.3 is 6.09 Å². The minimum atomic E-state index is -1.17. The number of carbonyl (C=O) groups excluding carboxylic acids is 3. The molecule has 8 heteroatoms. The number of fused-ring (bicyclic) bond motifs is 2. The maximum absolute atomic E-state index is 12.6. The fraction of sp³-hybridized carbons (Fsp3) is 0.207. The maximum Gasteiger partial charge on any atom is 0.407 e. The highest BCUT2D eigenvalue weighted by Crippen LogP contribution is 2.29. The van der Waals surface area contributed by atoms with Gasteiger partial charge in [-0.25, -0.2) is 4.79 Å². The SMILES string of the molecule is NC(=O)[C@@H](Cc1c2ccccc2cc2ccccc12)NC(=O)C[C@H](O)CNC(=O)OCc1ccccc1. The number of hydrogen-bond acceptors (Lipinski definition) is 5. The third-order valence-electron chi connectivity index (χ3n) is 6.09. The van der Waals surface area contributed by atoms with Crippen LogP contribution in [0, 0.1) is 0 Å². The van der Waals surface area contributed by atoms with Gasteiger partial charge in [-0.15, -0.1) is 0 Å². The van der Waals surface area contributed by atoms with Crippen molar-refractivity contribution in [2.75, 3.05) is 6.54 Å². The van der Waals surface area contributed by atoms with Crippen LogP contribution in [0.5, 0.6) is 0 Å². The number of benzene rings is 4. The van der Waals surface area contributed by atoms with Crippen LogP contribution < -0.4 is 16.4 Å². The largest absolute Gasteiger partial charge is 0.445 e. The van der Waals surface area contributed by atoms with Crippen molar-refractivity contribution in [3.05, 3.63) is 96.1 Å². The predicted octanol–water partition coefficient (Wildman–Crippen LogP) is 3.18. The van der Waals surface area contributed by atoms with Crippen LogP contribution in [-0.4, -0.2) is 41.7 Å². The van der Waals surface area contributed by atoms with Gasteiger partial charge in [0.15, 0.2) is 0 Å². The molecule has 8 nitrogen and oxygen atoms in total. The third-order valence-corrected chi connectivity index (χ3v) is 6.09. The van der Waals surface area contributed by atoms with Crippen LogP contribution in [0.3, 0.4) is 0 Å². The maximum atomic E-state index is 12.6. The van der Waals surface area contributed by atoms with Gasteiger partial charge in [0.2, 0.25) is 11.8 Å². The molecular weight excluding hydrogens is 470 g/mol. The van der Waals surface area contributed by atoms with Gasteiger partial charge in [-0.05, 0) is 38.7 Å². The van der Waals surface area contributed by atoms with Crippen molar-refractivity contribution in [3.63, 3.8) is 0 Å². The van der Waals surface area contributed by atoms with Crippen molar-refractivity contribution in [2.45, 2.75) is 31.6 Å². The standard InChI is InChI=1S/C29H29N3O5/c30-28(35)26(16-25-23-12-6-4-10-20(23)14-21-11-5-7-13-24(21)25)32-27(34)15-22(33)17-31-29(36)37-18-19-8-2-1-3-9-19/h1-14,22,26,33H,15-18H2,(H2,30,35)(H,31,36)(H,32,34)/t22-,26+/m0/s1. The Morgan fingerprint density at radius 2 is 1.46 bits per heavy atom. The van der Waals surface area contributed by atoms with E-state index in [1.165, 1.54) is 0 Å². The summed E-state index contributed by atoms with van der Waals surface area (Å²) in [5, 5.41) is 19.3. The van der Waals surface area contributed by atoms with Gasteiger partial charge in [-0.3, -0.25) is 9.59 Å². The van der Waals surface area contributed by atoms with Gasteiger partial charge in [-0.2, -0.15) is 0 Å². The van der Waals surface area contributed by atoms with Gasteiger partial charge in [0.05, 0.1) is 12.5 Å². The molecular formula is C29H29N3O5. The molecule has 0 spiro atoms. The zero-order chi connectivity index (χ0) is 26.2. The Morgan fingerprint density at radius 1 is 0.865 bits per heavy atom. The van der Waals surface area contributed by atoms with E-state index in [2.05, 4.69) is 16.7 Å². The van der Waals surface area contributed by atoms with Crippen molar-refractivity contribution in [2.24, 2.45) is 5.73 Å². The first-order valence-corrected chi connectivity index (χ1v) is 12.0. The Labute approximate surface area is 214 Å². The number of nitrogens with one attached hydrogen (secondary N) is 2. The van der Waals surface area contributed by atoms with Crippen LogP contribution >= 0.6 is 0 Å². The van der Waals surface area contributed by atoms with E-state index in [0.717, 1.165) is 32.7 Å². The van der Waals surface area contributed by atoms with Crippen LogP contribution in [0.15, 0.2) is 84.9 Å². The minimum Gasteiger partial charge on any atom is -0.445 e. The normalized spacial score (nSPS) is 12.6. The monoisotopic (exact) mass is 499 g/mol. The van der Waals surface area contributed by atoms with E-state index in [0.29, 0.717) is 0 Å². The number of aliphatic hydroxyl groups excluding tert-OH is 1. The number of aliphatic hydroxyl groups is 1. The van der Waals surface area contributed by atoms with Crippen molar-refractivity contribution < 1.29 is 24.2 Å². The molecule has 0 bridgehead atoms. The fourth-order valence-electron chi connectivity index (χ4n) is 4.27. The average molecular weight is 500 g/mol. The van der Waals surface area contributed by atoms with E-state index in [-0.39, 0.29) is 26.0 Å². The summed E-state index contributed by atoms with van der Waals surface area (Å²) in [5.41, 5.74) is 7.37. The molecule has 0 saturated heterocycles. The number of rotatable bonds is 10. The molecule has 0 aliphatic carbocycles. The van der Waals surface area contributed by atoms with Crippen LogP contribution in [-0.2, 0) is 27.4 Å². The van der Waals surface area contributed by atoms with Crippen molar-refractivity contribution >= 4 is 39.5 Å². The summed E-state index contributed by atoms with van der Waals surface area (Å²) < 4.78 is 5.09. The lowest BCUT2D eigenvalue weighted by molar-refractivity contribution is -0.128. The minimum absolute atomic E-state index is 0.0897. The van der Waals surface area contributed by atoms with Crippen LogP contribution in [0.1, 0.15) is 17.5 Å². The summed E-state index contributed by atoms with van der Waals surface area (Å²) in [4.78, 5) is 36.8. The fourth-order valence-corrected chi connectivity index (χ4v) is 4.27. The first-order valence-electron chi connectivity index (χ1n) is 12.0. The molecule has 0 heterocycles. The molecule has 0 aromatic heterocycles. The summed E-state index contributed by atoms with van der Waals surface area (Å²) in [6.07, 6.45) is -2.00. The van der Waals surface area contributed by atoms with Gasteiger partial charge in [0.25, 0.3) is 0 Å². The second-order valence-electron chi connectivity index (χ2n) is 8.82. The second kappa shape index (κ2) is 12.0. The number of alkyl carbamates (subject to hydrolysis) is 1. The molecule has 4 aromatic rings. The topological polar surface area (TPSA) is 131 Å². The van der Waals surface area contributed by atoms with E-state index in [1.54, 1.807) is 0 Å². The number of ether oxygens (including phenoxy) is 1. The summed E-state index contributed by atoms with van der Waals surface area (Å²) >= 11 is 0. The summed E-state index contributed by atoms with van der Waals surface area (Å²) in [6, 6.07) is 26.0. The van der Waals surface area contributed by atoms with Crippen LogP contribution in [0.25, 0.3) is 21.5 Å².